The van der Waals surface area contributed by atoms with E-state index in [2.05, 4.69) is 16.8 Å². The average Bonchev–Trinajstić information content (AvgIpc) is 2.40. The number of nitrogens with two attached hydrogens (primary N) is 1. The van der Waals surface area contributed by atoms with Gasteiger partial charge in [0.2, 0.25) is 0 Å². The Bertz CT molecular complexity index is 393. The molecule has 4 heteroatoms. The van der Waals surface area contributed by atoms with Crippen molar-refractivity contribution in [1.82, 2.24) is 4.98 Å². The van der Waals surface area contributed by atoms with Gasteiger partial charge in [0.25, 0.3) is 0 Å². The number of piperidine rings is 1. The Morgan fingerprint density at radius 2 is 2.33 bits per heavy atom. The van der Waals surface area contributed by atoms with E-state index >= 15 is 0 Å². The van der Waals surface area contributed by atoms with Crippen LogP contribution in [0, 0.1) is 5.82 Å². The lowest BCUT2D eigenvalue weighted by Gasteiger charge is -2.37. The van der Waals surface area contributed by atoms with Crippen molar-refractivity contribution in [2.75, 3.05) is 11.4 Å². The summed E-state index contributed by atoms with van der Waals surface area (Å²) in [4.78, 5) is 6.60. The number of anilines is 1. The maximum absolute atomic E-state index is 13.2. The summed E-state index contributed by atoms with van der Waals surface area (Å²) in [6.45, 7) is 3.56. The van der Waals surface area contributed by atoms with Gasteiger partial charge >= 0.3 is 0 Å². The molecule has 1 unspecified atom stereocenters. The highest BCUT2D eigenvalue weighted by Gasteiger charge is 2.24. The molecule has 0 aromatic carbocycles. The van der Waals surface area contributed by atoms with Crippen LogP contribution < -0.4 is 10.6 Å². The van der Waals surface area contributed by atoms with Crippen LogP contribution in [0.4, 0.5) is 10.2 Å². The van der Waals surface area contributed by atoms with Crippen molar-refractivity contribution in [3.8, 4) is 0 Å². The van der Waals surface area contributed by atoms with Gasteiger partial charge in [-0.3, -0.25) is 0 Å². The summed E-state index contributed by atoms with van der Waals surface area (Å²) in [6, 6.07) is 2.05. The molecule has 1 aliphatic rings. The third-order valence-corrected chi connectivity index (χ3v) is 3.65. The Hall–Kier alpha value is -1.16. The van der Waals surface area contributed by atoms with Gasteiger partial charge in [0.15, 0.2) is 0 Å². The van der Waals surface area contributed by atoms with E-state index in [1.54, 1.807) is 0 Å². The fraction of sp³-hybridized carbons (Fsp3) is 0.643. The second kappa shape index (κ2) is 6.14. The van der Waals surface area contributed by atoms with Crippen molar-refractivity contribution in [1.29, 1.82) is 0 Å². The lowest BCUT2D eigenvalue weighted by molar-refractivity contribution is 0.430. The van der Waals surface area contributed by atoms with Crippen molar-refractivity contribution in [2.45, 2.75) is 51.6 Å². The zero-order chi connectivity index (χ0) is 13.0. The van der Waals surface area contributed by atoms with Crippen molar-refractivity contribution in [3.05, 3.63) is 23.6 Å². The van der Waals surface area contributed by atoms with E-state index in [-0.39, 0.29) is 5.82 Å². The molecule has 1 atom stereocenters. The molecule has 0 bridgehead atoms. The fourth-order valence-electron chi connectivity index (χ4n) is 2.80. The van der Waals surface area contributed by atoms with Gasteiger partial charge in [-0.1, -0.05) is 13.3 Å². The number of pyridine rings is 1. The predicted molar refractivity (Wildman–Crippen MR) is 72.0 cm³/mol. The standard InChI is InChI=1S/C14H22FN3/c1-2-5-13-6-3-4-7-18(13)14-11(9-16)8-12(15)10-17-14/h8,10,13H,2-7,9,16H2,1H3. The molecule has 1 fully saturated rings. The van der Waals surface area contributed by atoms with E-state index in [0.717, 1.165) is 17.9 Å². The van der Waals surface area contributed by atoms with E-state index < -0.39 is 0 Å². The summed E-state index contributed by atoms with van der Waals surface area (Å²) in [5, 5.41) is 0. The maximum atomic E-state index is 13.2. The zero-order valence-electron chi connectivity index (χ0n) is 11.0. The SMILES string of the molecule is CCCC1CCCCN1c1ncc(F)cc1CN. The number of hydrogen-bond donors (Lipinski definition) is 1. The van der Waals surface area contributed by atoms with E-state index in [9.17, 15) is 4.39 Å². The fourth-order valence-corrected chi connectivity index (χ4v) is 2.80. The van der Waals surface area contributed by atoms with Crippen molar-refractivity contribution in [2.24, 2.45) is 5.73 Å². The zero-order valence-corrected chi connectivity index (χ0v) is 11.0. The summed E-state index contributed by atoms with van der Waals surface area (Å²) < 4.78 is 13.2. The van der Waals surface area contributed by atoms with Crippen LogP contribution in [0.1, 0.15) is 44.6 Å². The van der Waals surface area contributed by atoms with E-state index in [1.165, 1.54) is 44.4 Å². The van der Waals surface area contributed by atoms with Crippen LogP contribution in [0.3, 0.4) is 0 Å². The highest BCUT2D eigenvalue weighted by atomic mass is 19.1. The van der Waals surface area contributed by atoms with Crippen LogP contribution in [-0.4, -0.2) is 17.6 Å². The molecule has 2 heterocycles. The highest BCUT2D eigenvalue weighted by Crippen LogP contribution is 2.28. The van der Waals surface area contributed by atoms with Gasteiger partial charge in [-0.05, 0) is 31.7 Å². The number of nitrogens with zero attached hydrogens (tertiary/aromatic N) is 2. The minimum Gasteiger partial charge on any atom is -0.353 e. The first-order valence-corrected chi connectivity index (χ1v) is 6.87. The third-order valence-electron chi connectivity index (χ3n) is 3.65. The molecule has 0 amide bonds. The van der Waals surface area contributed by atoms with E-state index in [1.807, 2.05) is 0 Å². The van der Waals surface area contributed by atoms with E-state index in [4.69, 9.17) is 5.73 Å². The monoisotopic (exact) mass is 251 g/mol. The summed E-state index contributed by atoms with van der Waals surface area (Å²) in [5.74, 6) is 0.584. The van der Waals surface area contributed by atoms with E-state index in [0.29, 0.717) is 12.6 Å². The molecule has 0 aliphatic carbocycles. The Morgan fingerprint density at radius 3 is 3.06 bits per heavy atom. The maximum Gasteiger partial charge on any atom is 0.141 e. The normalized spacial score (nSPS) is 20.2. The first-order chi connectivity index (χ1) is 8.76. The minimum absolute atomic E-state index is 0.303. The Morgan fingerprint density at radius 1 is 1.50 bits per heavy atom. The topological polar surface area (TPSA) is 42.2 Å². The lowest BCUT2D eigenvalue weighted by Crippen LogP contribution is -2.40. The van der Waals surface area contributed by atoms with Gasteiger partial charge in [0.1, 0.15) is 11.6 Å². The van der Waals surface area contributed by atoms with Gasteiger partial charge in [-0.15, -0.1) is 0 Å². The Balaban J connectivity index is 2.27. The number of hydrogen-bond acceptors (Lipinski definition) is 3. The van der Waals surface area contributed by atoms with Gasteiger partial charge in [-0.25, -0.2) is 9.37 Å². The van der Waals surface area contributed by atoms with Crippen LogP contribution >= 0.6 is 0 Å². The molecule has 2 rings (SSSR count). The number of halogens is 1. The third kappa shape index (κ3) is 2.80. The molecule has 100 valence electrons. The predicted octanol–water partition coefficient (Wildman–Crippen LogP) is 2.84. The first-order valence-electron chi connectivity index (χ1n) is 6.87. The number of aromatic nitrogens is 1. The van der Waals surface area contributed by atoms with Crippen LogP contribution in [0.5, 0.6) is 0 Å². The van der Waals surface area contributed by atoms with Gasteiger partial charge in [0.05, 0.1) is 6.20 Å². The summed E-state index contributed by atoms with van der Waals surface area (Å²) in [5.41, 5.74) is 6.53. The highest BCUT2D eigenvalue weighted by molar-refractivity contribution is 5.48. The smallest absolute Gasteiger partial charge is 0.141 e. The molecule has 2 N–H and O–H groups in total. The van der Waals surface area contributed by atoms with Crippen molar-refractivity contribution in [3.63, 3.8) is 0 Å². The largest absolute Gasteiger partial charge is 0.353 e. The molecule has 1 aromatic heterocycles. The molecule has 1 saturated heterocycles. The quantitative estimate of drug-likeness (QED) is 0.894. The molecular weight excluding hydrogens is 229 g/mol. The summed E-state index contributed by atoms with van der Waals surface area (Å²) in [6.07, 6.45) is 7.30. The molecule has 1 aromatic rings. The van der Waals surface area contributed by atoms with Gasteiger partial charge in [-0.2, -0.15) is 0 Å². The summed E-state index contributed by atoms with van der Waals surface area (Å²) >= 11 is 0. The lowest BCUT2D eigenvalue weighted by atomic mass is 9.97. The second-order valence-corrected chi connectivity index (χ2v) is 4.97. The average molecular weight is 251 g/mol. The molecule has 3 nitrogen and oxygen atoms in total. The molecule has 0 spiro atoms. The minimum atomic E-state index is -0.303. The second-order valence-electron chi connectivity index (χ2n) is 4.97. The Labute approximate surface area is 108 Å². The molecule has 0 radical (unpaired) electrons. The van der Waals surface area contributed by atoms with Crippen LogP contribution in [0.15, 0.2) is 12.3 Å². The molecule has 1 aliphatic heterocycles. The van der Waals surface area contributed by atoms with Crippen LogP contribution in [0.25, 0.3) is 0 Å². The van der Waals surface area contributed by atoms with Crippen molar-refractivity contribution >= 4 is 5.82 Å². The summed E-state index contributed by atoms with van der Waals surface area (Å²) in [7, 11) is 0. The van der Waals surface area contributed by atoms with Crippen LogP contribution in [0.2, 0.25) is 0 Å². The molecular formula is C14H22FN3. The first kappa shape index (κ1) is 13.3. The molecule has 0 saturated carbocycles. The van der Waals surface area contributed by atoms with Gasteiger partial charge < -0.3 is 10.6 Å². The number of rotatable bonds is 4. The molecule has 18 heavy (non-hydrogen) atoms. The van der Waals surface area contributed by atoms with Crippen molar-refractivity contribution < 1.29 is 4.39 Å². The van der Waals surface area contributed by atoms with Gasteiger partial charge in [0, 0.05) is 24.7 Å². The van der Waals surface area contributed by atoms with Crippen LogP contribution in [-0.2, 0) is 6.54 Å². The Kier molecular flexibility index (Phi) is 4.53.